The van der Waals surface area contributed by atoms with Crippen molar-refractivity contribution >= 4 is 5.78 Å². The van der Waals surface area contributed by atoms with Crippen LogP contribution in [0.2, 0.25) is 0 Å². The summed E-state index contributed by atoms with van der Waals surface area (Å²) in [4.78, 5) is 27.3. The number of nitrogens with zero attached hydrogens (tertiary/aromatic N) is 4. The molecule has 0 aliphatic heterocycles. The highest BCUT2D eigenvalue weighted by Gasteiger charge is 2.08. The molecule has 2 rings (SSSR count). The van der Waals surface area contributed by atoms with Crippen molar-refractivity contribution in [2.24, 2.45) is 0 Å². The van der Waals surface area contributed by atoms with Crippen LogP contribution in [0.25, 0.3) is 0 Å². The highest BCUT2D eigenvalue weighted by molar-refractivity contribution is 5.95. The van der Waals surface area contributed by atoms with Crippen LogP contribution in [0.5, 0.6) is 0 Å². The van der Waals surface area contributed by atoms with Crippen LogP contribution < -0.4 is 0 Å². The molecule has 0 N–H and O–H groups in total. The lowest BCUT2D eigenvalue weighted by atomic mass is 10.2. The first-order valence-corrected chi connectivity index (χ1v) is 4.40. The molecule has 74 valence electrons. The Balaban J connectivity index is 2.12. The molecule has 0 bridgehead atoms. The Bertz CT molecular complexity index is 443. The van der Waals surface area contributed by atoms with E-state index in [0.29, 0.717) is 11.4 Å². The maximum atomic E-state index is 11.6. The highest BCUT2D eigenvalue weighted by atomic mass is 16.1. The van der Waals surface area contributed by atoms with E-state index in [1.807, 2.05) is 0 Å². The van der Waals surface area contributed by atoms with Crippen molar-refractivity contribution in [1.29, 1.82) is 0 Å². The molecule has 0 radical (unpaired) electrons. The van der Waals surface area contributed by atoms with Crippen LogP contribution in [0, 0.1) is 0 Å². The van der Waals surface area contributed by atoms with Crippen LogP contribution in [0.15, 0.2) is 37.2 Å². The summed E-state index contributed by atoms with van der Waals surface area (Å²) in [5, 5.41) is 0. The second-order valence-corrected chi connectivity index (χ2v) is 2.89. The number of rotatable bonds is 3. The monoisotopic (exact) mass is 200 g/mol. The Morgan fingerprint density at radius 1 is 1.00 bits per heavy atom. The molecule has 0 saturated heterocycles. The van der Waals surface area contributed by atoms with Crippen LogP contribution in [0.1, 0.15) is 16.2 Å². The lowest BCUT2D eigenvalue weighted by molar-refractivity contribution is 0.0986. The molecule has 0 spiro atoms. The Hall–Kier alpha value is -2.17. The largest absolute Gasteiger partial charge is 0.292 e. The molecule has 0 aliphatic carbocycles. The van der Waals surface area contributed by atoms with Gasteiger partial charge >= 0.3 is 0 Å². The van der Waals surface area contributed by atoms with E-state index in [9.17, 15) is 4.79 Å². The number of hydrogen-bond donors (Lipinski definition) is 0. The zero-order valence-corrected chi connectivity index (χ0v) is 7.87. The van der Waals surface area contributed by atoms with Crippen molar-refractivity contribution in [2.75, 3.05) is 0 Å². The summed E-state index contributed by atoms with van der Waals surface area (Å²) in [6.45, 7) is 0. The number of Topliss-reactive ketones (excluding diaryl/α,β-unsaturated/α-hetero) is 1. The average Bonchev–Trinajstić information content (AvgIpc) is 2.31. The van der Waals surface area contributed by atoms with Crippen LogP contribution in [-0.2, 0) is 6.42 Å². The summed E-state index contributed by atoms with van der Waals surface area (Å²) >= 11 is 0. The van der Waals surface area contributed by atoms with Crippen LogP contribution in [0.4, 0.5) is 0 Å². The lowest BCUT2D eigenvalue weighted by Crippen LogP contribution is -2.07. The van der Waals surface area contributed by atoms with Crippen molar-refractivity contribution in [2.45, 2.75) is 6.42 Å². The number of carbonyl (C=O) groups excluding carboxylic acids is 1. The molecule has 2 aromatic heterocycles. The SMILES string of the molecule is O=C(Cc1cnccn1)c1cnccn1. The first-order chi connectivity index (χ1) is 7.36. The third kappa shape index (κ3) is 2.40. The first-order valence-electron chi connectivity index (χ1n) is 4.40. The highest BCUT2D eigenvalue weighted by Crippen LogP contribution is 1.99. The summed E-state index contributed by atoms with van der Waals surface area (Å²) in [7, 11) is 0. The smallest absolute Gasteiger partial charge is 0.188 e. The number of carbonyl (C=O) groups is 1. The van der Waals surface area contributed by atoms with E-state index in [2.05, 4.69) is 19.9 Å². The van der Waals surface area contributed by atoms with Crippen molar-refractivity contribution in [3.8, 4) is 0 Å². The second kappa shape index (κ2) is 4.36. The maximum absolute atomic E-state index is 11.6. The van der Waals surface area contributed by atoms with E-state index < -0.39 is 0 Å². The van der Waals surface area contributed by atoms with Gasteiger partial charge in [-0.2, -0.15) is 0 Å². The average molecular weight is 200 g/mol. The van der Waals surface area contributed by atoms with Gasteiger partial charge in [0.1, 0.15) is 5.69 Å². The van der Waals surface area contributed by atoms with Gasteiger partial charge in [0.05, 0.1) is 18.3 Å². The fourth-order valence-corrected chi connectivity index (χ4v) is 1.12. The van der Waals surface area contributed by atoms with Crippen molar-refractivity contribution < 1.29 is 4.79 Å². The minimum atomic E-state index is -0.108. The second-order valence-electron chi connectivity index (χ2n) is 2.89. The fourth-order valence-electron chi connectivity index (χ4n) is 1.12. The van der Waals surface area contributed by atoms with Crippen molar-refractivity contribution in [3.63, 3.8) is 0 Å². The maximum Gasteiger partial charge on any atom is 0.188 e. The Kier molecular flexibility index (Phi) is 2.73. The Labute approximate surface area is 86.3 Å². The quantitative estimate of drug-likeness (QED) is 0.682. The zero-order chi connectivity index (χ0) is 10.5. The van der Waals surface area contributed by atoms with Gasteiger partial charge < -0.3 is 0 Å². The van der Waals surface area contributed by atoms with Crippen LogP contribution >= 0.6 is 0 Å². The Morgan fingerprint density at radius 3 is 2.33 bits per heavy atom. The van der Waals surface area contributed by atoms with Crippen molar-refractivity contribution in [1.82, 2.24) is 19.9 Å². The van der Waals surface area contributed by atoms with E-state index in [1.165, 1.54) is 18.6 Å². The molecule has 0 saturated carbocycles. The normalized spacial score (nSPS) is 9.87. The number of hydrogen-bond acceptors (Lipinski definition) is 5. The van der Waals surface area contributed by atoms with Gasteiger partial charge in [-0.3, -0.25) is 19.7 Å². The molecule has 5 nitrogen and oxygen atoms in total. The van der Waals surface area contributed by atoms with E-state index in [0.717, 1.165) is 0 Å². The molecule has 0 atom stereocenters. The van der Waals surface area contributed by atoms with Gasteiger partial charge in [0.15, 0.2) is 5.78 Å². The lowest BCUT2D eigenvalue weighted by Gasteiger charge is -1.98. The van der Waals surface area contributed by atoms with Gasteiger partial charge in [0.25, 0.3) is 0 Å². The molecular formula is C10H8N4O. The van der Waals surface area contributed by atoms with Gasteiger partial charge in [-0.1, -0.05) is 0 Å². The minimum Gasteiger partial charge on any atom is -0.292 e. The summed E-state index contributed by atoms with van der Waals surface area (Å²) in [5.41, 5.74) is 0.983. The van der Waals surface area contributed by atoms with Crippen LogP contribution in [0.3, 0.4) is 0 Å². The molecular weight excluding hydrogens is 192 g/mol. The number of aromatic nitrogens is 4. The Morgan fingerprint density at radius 2 is 1.73 bits per heavy atom. The molecule has 0 aromatic carbocycles. The van der Waals surface area contributed by atoms with E-state index in [4.69, 9.17) is 0 Å². The molecule has 2 aromatic rings. The molecule has 0 unspecified atom stereocenters. The summed E-state index contributed by atoms with van der Waals surface area (Å²) in [6, 6.07) is 0. The molecule has 0 aliphatic rings. The molecule has 0 fully saturated rings. The van der Waals surface area contributed by atoms with Crippen molar-refractivity contribution in [3.05, 3.63) is 48.6 Å². The third-order valence-corrected chi connectivity index (χ3v) is 1.81. The molecule has 0 amide bonds. The fraction of sp³-hybridized carbons (Fsp3) is 0.100. The zero-order valence-electron chi connectivity index (χ0n) is 7.87. The van der Waals surface area contributed by atoms with Gasteiger partial charge in [-0.25, -0.2) is 4.98 Å². The molecule has 5 heteroatoms. The van der Waals surface area contributed by atoms with Gasteiger partial charge in [-0.05, 0) is 0 Å². The van der Waals surface area contributed by atoms with Gasteiger partial charge in [-0.15, -0.1) is 0 Å². The topological polar surface area (TPSA) is 68.6 Å². The predicted octanol–water partition coefficient (Wildman–Crippen LogP) is 0.692. The minimum absolute atomic E-state index is 0.108. The summed E-state index contributed by atoms with van der Waals surface area (Å²) in [6.07, 6.45) is 9.35. The van der Waals surface area contributed by atoms with Gasteiger partial charge in [0.2, 0.25) is 0 Å². The predicted molar refractivity (Wildman–Crippen MR) is 52.1 cm³/mol. The summed E-state index contributed by atoms with van der Waals surface area (Å²) < 4.78 is 0. The van der Waals surface area contributed by atoms with E-state index in [-0.39, 0.29) is 12.2 Å². The third-order valence-electron chi connectivity index (χ3n) is 1.81. The van der Waals surface area contributed by atoms with E-state index >= 15 is 0 Å². The number of ketones is 1. The van der Waals surface area contributed by atoms with Gasteiger partial charge in [0, 0.05) is 31.0 Å². The standard InChI is InChI=1S/C10H8N4O/c15-10(9-7-12-2-4-14-9)5-8-6-11-1-3-13-8/h1-4,6-7H,5H2. The van der Waals surface area contributed by atoms with Crippen LogP contribution in [-0.4, -0.2) is 25.7 Å². The first kappa shape index (κ1) is 9.39. The van der Waals surface area contributed by atoms with E-state index in [1.54, 1.807) is 18.6 Å². The summed E-state index contributed by atoms with van der Waals surface area (Å²) in [5.74, 6) is -0.108. The molecule has 2 heterocycles. The molecule has 15 heavy (non-hydrogen) atoms.